The van der Waals surface area contributed by atoms with Crippen molar-refractivity contribution in [3.63, 3.8) is 0 Å². The lowest BCUT2D eigenvalue weighted by molar-refractivity contribution is 0.202. The molecule has 14 heavy (non-hydrogen) atoms. The van der Waals surface area contributed by atoms with E-state index in [1.165, 1.54) is 12.1 Å². The van der Waals surface area contributed by atoms with Crippen LogP contribution in [-0.2, 0) is 12.1 Å². The van der Waals surface area contributed by atoms with Crippen LogP contribution >= 0.6 is 0 Å². The molecule has 0 fully saturated rings. The zero-order valence-corrected chi connectivity index (χ0v) is 7.94. The van der Waals surface area contributed by atoms with Gasteiger partial charge in [0.25, 0.3) is 0 Å². The summed E-state index contributed by atoms with van der Waals surface area (Å²) < 4.78 is 0. The molecule has 0 aliphatic heterocycles. The van der Waals surface area contributed by atoms with Crippen LogP contribution in [0.1, 0.15) is 18.3 Å². The average Bonchev–Trinajstić information content (AvgIpc) is 2.18. The predicted octanol–water partition coefficient (Wildman–Crippen LogP) is -0.554. The Morgan fingerprint density at radius 2 is 2.07 bits per heavy atom. The smallest absolute Gasteiger partial charge is 0.139 e. The summed E-state index contributed by atoms with van der Waals surface area (Å²) >= 11 is 0. The van der Waals surface area contributed by atoms with Crippen molar-refractivity contribution < 1.29 is 15.3 Å². The number of hydrogen-bond donors (Lipinski definition) is 4. The van der Waals surface area contributed by atoms with Gasteiger partial charge in [-0.1, -0.05) is 0 Å². The molecule has 0 saturated carbocycles. The van der Waals surface area contributed by atoms with E-state index in [2.05, 4.69) is 4.98 Å². The lowest BCUT2D eigenvalue weighted by Gasteiger charge is -2.22. The van der Waals surface area contributed by atoms with E-state index in [-0.39, 0.29) is 24.7 Å². The summed E-state index contributed by atoms with van der Waals surface area (Å²) in [5, 5.41) is 27.3. The summed E-state index contributed by atoms with van der Waals surface area (Å²) in [5.41, 5.74) is 5.20. The maximum absolute atomic E-state index is 9.46. The molecule has 0 radical (unpaired) electrons. The van der Waals surface area contributed by atoms with Gasteiger partial charge in [0.2, 0.25) is 0 Å². The molecule has 0 bridgehead atoms. The van der Waals surface area contributed by atoms with Crippen LogP contribution in [0.5, 0.6) is 5.75 Å². The number of nitrogens with zero attached hydrogens (tertiary/aromatic N) is 1. The fourth-order valence-electron chi connectivity index (χ4n) is 1.08. The fraction of sp³-hybridized carbons (Fsp3) is 0.444. The van der Waals surface area contributed by atoms with Crippen molar-refractivity contribution in [1.29, 1.82) is 0 Å². The molecule has 1 aromatic rings. The Labute approximate surface area is 81.8 Å². The highest BCUT2D eigenvalue weighted by atomic mass is 16.3. The number of aromatic nitrogens is 1. The predicted molar refractivity (Wildman–Crippen MR) is 50.4 cm³/mol. The molecule has 0 aliphatic carbocycles. The van der Waals surface area contributed by atoms with Crippen molar-refractivity contribution in [2.45, 2.75) is 19.1 Å². The molecule has 0 saturated heterocycles. The number of hydrogen-bond acceptors (Lipinski definition) is 5. The Balaban J connectivity index is 3.18. The molecule has 0 aromatic carbocycles. The quantitative estimate of drug-likeness (QED) is 0.522. The van der Waals surface area contributed by atoms with Crippen LogP contribution in [0.25, 0.3) is 0 Å². The number of rotatable bonds is 3. The first kappa shape index (κ1) is 10.9. The molecule has 0 spiro atoms. The van der Waals surface area contributed by atoms with Crippen LogP contribution in [-0.4, -0.2) is 26.9 Å². The Morgan fingerprint density at radius 3 is 2.57 bits per heavy atom. The Hall–Kier alpha value is -1.17. The second-order valence-electron chi connectivity index (χ2n) is 3.40. The van der Waals surface area contributed by atoms with Crippen LogP contribution in [0, 0.1) is 0 Å². The Kier molecular flexibility index (Phi) is 3.05. The Morgan fingerprint density at radius 1 is 1.43 bits per heavy atom. The molecule has 78 valence electrons. The maximum atomic E-state index is 9.46. The normalized spacial score (nSPS) is 15.1. The summed E-state index contributed by atoms with van der Waals surface area (Å²) in [7, 11) is 0. The molecular weight excluding hydrogens is 184 g/mol. The largest absolute Gasteiger partial charge is 0.506 e. The first-order valence-corrected chi connectivity index (χ1v) is 4.21. The minimum Gasteiger partial charge on any atom is -0.506 e. The van der Waals surface area contributed by atoms with E-state index in [0.717, 1.165) is 0 Å². The van der Waals surface area contributed by atoms with Gasteiger partial charge in [-0.25, -0.2) is 4.98 Å². The molecule has 1 aromatic heterocycles. The van der Waals surface area contributed by atoms with Crippen LogP contribution in [0.3, 0.4) is 0 Å². The van der Waals surface area contributed by atoms with Crippen molar-refractivity contribution in [3.8, 4) is 5.75 Å². The van der Waals surface area contributed by atoms with Gasteiger partial charge < -0.3 is 21.1 Å². The topological polar surface area (TPSA) is 99.6 Å². The van der Waals surface area contributed by atoms with E-state index in [0.29, 0.717) is 5.69 Å². The van der Waals surface area contributed by atoms with E-state index in [1.54, 1.807) is 6.92 Å². The van der Waals surface area contributed by atoms with E-state index in [9.17, 15) is 5.11 Å². The second-order valence-corrected chi connectivity index (χ2v) is 3.40. The number of aliphatic hydroxyl groups excluding tert-OH is 2. The van der Waals surface area contributed by atoms with Crippen molar-refractivity contribution in [1.82, 2.24) is 4.98 Å². The average molecular weight is 198 g/mol. The minimum atomic E-state index is -1.10. The van der Waals surface area contributed by atoms with Crippen molar-refractivity contribution in [3.05, 3.63) is 23.5 Å². The van der Waals surface area contributed by atoms with Gasteiger partial charge in [0.1, 0.15) is 11.4 Å². The highest BCUT2D eigenvalue weighted by Crippen LogP contribution is 2.24. The first-order chi connectivity index (χ1) is 6.51. The number of aliphatic hydroxyl groups is 2. The molecular formula is C9H14N2O3. The fourth-order valence-corrected chi connectivity index (χ4v) is 1.08. The third-order valence-electron chi connectivity index (χ3n) is 1.96. The Bertz CT molecular complexity index is 326. The standard InChI is InChI=1S/C9H14N2O3/c1-9(10,5-13)8-7(14)3-2-6(4-12)11-8/h2-3,12-14H,4-5,10H2,1H3. The van der Waals surface area contributed by atoms with Gasteiger partial charge >= 0.3 is 0 Å². The first-order valence-electron chi connectivity index (χ1n) is 4.21. The summed E-state index contributed by atoms with van der Waals surface area (Å²) in [4.78, 5) is 3.95. The number of pyridine rings is 1. The molecule has 1 heterocycles. The van der Waals surface area contributed by atoms with Crippen LogP contribution in [0.2, 0.25) is 0 Å². The third kappa shape index (κ3) is 2.01. The number of nitrogens with two attached hydrogens (primary N) is 1. The lowest BCUT2D eigenvalue weighted by atomic mass is 9.99. The third-order valence-corrected chi connectivity index (χ3v) is 1.96. The van der Waals surface area contributed by atoms with E-state index < -0.39 is 5.54 Å². The SMILES string of the molecule is CC(N)(CO)c1nc(CO)ccc1O. The summed E-state index contributed by atoms with van der Waals surface area (Å²) in [6.45, 7) is 0.993. The zero-order chi connectivity index (χ0) is 10.8. The zero-order valence-electron chi connectivity index (χ0n) is 7.94. The lowest BCUT2D eigenvalue weighted by Crippen LogP contribution is -2.38. The molecule has 1 unspecified atom stereocenters. The van der Waals surface area contributed by atoms with Gasteiger partial charge in [-0.05, 0) is 19.1 Å². The number of aromatic hydroxyl groups is 1. The van der Waals surface area contributed by atoms with E-state index >= 15 is 0 Å². The van der Waals surface area contributed by atoms with Gasteiger partial charge in [0.15, 0.2) is 0 Å². The molecule has 0 aliphatic rings. The van der Waals surface area contributed by atoms with E-state index in [1.807, 2.05) is 0 Å². The van der Waals surface area contributed by atoms with Gasteiger partial charge in [-0.15, -0.1) is 0 Å². The van der Waals surface area contributed by atoms with Gasteiger partial charge in [-0.3, -0.25) is 0 Å². The van der Waals surface area contributed by atoms with Crippen molar-refractivity contribution in [2.24, 2.45) is 5.73 Å². The highest BCUT2D eigenvalue weighted by molar-refractivity contribution is 5.33. The van der Waals surface area contributed by atoms with Gasteiger partial charge in [0, 0.05) is 0 Å². The molecule has 5 N–H and O–H groups in total. The monoisotopic (exact) mass is 198 g/mol. The van der Waals surface area contributed by atoms with Gasteiger partial charge in [0.05, 0.1) is 24.4 Å². The minimum absolute atomic E-state index is 0.0822. The molecule has 0 amide bonds. The second kappa shape index (κ2) is 3.91. The van der Waals surface area contributed by atoms with Crippen molar-refractivity contribution in [2.75, 3.05) is 6.61 Å². The van der Waals surface area contributed by atoms with E-state index in [4.69, 9.17) is 15.9 Å². The summed E-state index contributed by atoms with van der Waals surface area (Å²) in [6, 6.07) is 2.89. The summed E-state index contributed by atoms with van der Waals surface area (Å²) in [5.74, 6) is -0.0822. The van der Waals surface area contributed by atoms with Crippen LogP contribution < -0.4 is 5.73 Å². The molecule has 1 rings (SSSR count). The molecule has 1 atom stereocenters. The van der Waals surface area contributed by atoms with Crippen LogP contribution in [0.4, 0.5) is 0 Å². The van der Waals surface area contributed by atoms with Crippen molar-refractivity contribution >= 4 is 0 Å². The highest BCUT2D eigenvalue weighted by Gasteiger charge is 2.25. The molecule has 5 nitrogen and oxygen atoms in total. The maximum Gasteiger partial charge on any atom is 0.139 e. The summed E-state index contributed by atoms with van der Waals surface area (Å²) in [6.07, 6.45) is 0. The van der Waals surface area contributed by atoms with Crippen LogP contribution in [0.15, 0.2) is 12.1 Å². The van der Waals surface area contributed by atoms with Gasteiger partial charge in [-0.2, -0.15) is 0 Å². The molecule has 5 heteroatoms.